The quantitative estimate of drug-likeness (QED) is 0.164. The van der Waals surface area contributed by atoms with Crippen molar-refractivity contribution in [3.63, 3.8) is 0 Å². The Hall–Kier alpha value is -6.26. The Morgan fingerprint density at radius 3 is 2.00 bits per heavy atom. The Morgan fingerprint density at radius 1 is 0.544 bits per heavy atom. The van der Waals surface area contributed by atoms with Crippen LogP contribution in [-0.2, 0) is 21.7 Å². The maximum atomic E-state index is 2.79. The lowest BCUT2D eigenvalue weighted by molar-refractivity contribution is 0.195. The summed E-state index contributed by atoms with van der Waals surface area (Å²) in [7, 11) is 0. The highest BCUT2D eigenvalue weighted by Crippen LogP contribution is 2.62. The van der Waals surface area contributed by atoms with Crippen LogP contribution in [0.2, 0.25) is 0 Å². The number of aryl methyl sites for hydroxylation is 1. The molecule has 2 unspecified atom stereocenters. The number of para-hydroxylation sites is 1. The van der Waals surface area contributed by atoms with Crippen molar-refractivity contribution >= 4 is 62.4 Å². The molecule has 4 heterocycles. The zero-order chi connectivity index (χ0) is 47.0. The molecule has 338 valence electrons. The van der Waals surface area contributed by atoms with Gasteiger partial charge in [-0.25, -0.2) is 0 Å². The molecule has 4 heteroatoms. The molecule has 8 aromatic rings. The van der Waals surface area contributed by atoms with Crippen LogP contribution in [0.5, 0.6) is 0 Å². The second kappa shape index (κ2) is 13.7. The van der Waals surface area contributed by atoms with E-state index in [0.717, 1.165) is 6.42 Å². The van der Waals surface area contributed by atoms with E-state index in [1.165, 1.54) is 136 Å². The van der Waals surface area contributed by atoms with Gasteiger partial charge in [0, 0.05) is 61.3 Å². The van der Waals surface area contributed by atoms with Crippen molar-refractivity contribution in [2.24, 2.45) is 0 Å². The first-order valence-electron chi connectivity index (χ1n) is 25.4. The summed E-state index contributed by atoms with van der Waals surface area (Å²) < 4.78 is 2.69. The molecule has 0 N–H and O–H groups in total. The van der Waals surface area contributed by atoms with Gasteiger partial charge in [0.2, 0.25) is 0 Å². The molecule has 0 spiro atoms. The first kappa shape index (κ1) is 41.9. The van der Waals surface area contributed by atoms with Gasteiger partial charge < -0.3 is 14.4 Å². The van der Waals surface area contributed by atoms with Crippen LogP contribution in [0.15, 0.2) is 140 Å². The fourth-order valence-electron chi connectivity index (χ4n) is 14.1. The zero-order valence-corrected chi connectivity index (χ0v) is 42.0. The molecular weight excluding hydrogens is 822 g/mol. The summed E-state index contributed by atoms with van der Waals surface area (Å²) in [6.45, 7) is 26.5. The zero-order valence-electron chi connectivity index (χ0n) is 42.0. The number of benzene rings is 7. The average Bonchev–Trinajstić information content (AvgIpc) is 3.86. The third kappa shape index (κ3) is 5.38. The molecule has 2 atom stereocenters. The van der Waals surface area contributed by atoms with Crippen molar-refractivity contribution in [2.75, 3.05) is 9.80 Å². The average molecular weight is 886 g/mol. The molecule has 0 radical (unpaired) electrons. The summed E-state index contributed by atoms with van der Waals surface area (Å²) in [6.07, 6.45) is 4.87. The Balaban J connectivity index is 1.13. The van der Waals surface area contributed by atoms with Crippen molar-refractivity contribution in [2.45, 2.75) is 129 Å². The molecule has 5 aliphatic rings. The molecule has 1 saturated carbocycles. The molecular formula is C64H64BN3. The molecule has 1 fully saturated rings. The first-order valence-corrected chi connectivity index (χ1v) is 25.4. The molecule has 3 aliphatic heterocycles. The molecule has 7 aromatic carbocycles. The number of nitrogens with zero attached hydrogens (tertiary/aromatic N) is 3. The molecule has 3 nitrogen and oxygen atoms in total. The highest BCUT2D eigenvalue weighted by Gasteiger charge is 2.58. The number of hydrogen-bond donors (Lipinski definition) is 0. The Bertz CT molecular complexity index is 3470. The first-order chi connectivity index (χ1) is 32.4. The largest absolute Gasteiger partial charge is 0.334 e. The van der Waals surface area contributed by atoms with Gasteiger partial charge in [-0.15, -0.1) is 0 Å². The third-order valence-electron chi connectivity index (χ3n) is 17.8. The van der Waals surface area contributed by atoms with E-state index in [9.17, 15) is 0 Å². The van der Waals surface area contributed by atoms with E-state index in [4.69, 9.17) is 0 Å². The van der Waals surface area contributed by atoms with E-state index in [-0.39, 0.29) is 33.9 Å². The van der Waals surface area contributed by atoms with Gasteiger partial charge in [0.25, 0.3) is 6.71 Å². The maximum Gasteiger partial charge on any atom is 0.252 e. The van der Waals surface area contributed by atoms with E-state index in [0.29, 0.717) is 0 Å². The van der Waals surface area contributed by atoms with Gasteiger partial charge in [-0.05, 0) is 135 Å². The Labute approximate surface area is 404 Å². The summed E-state index contributed by atoms with van der Waals surface area (Å²) in [5.41, 5.74) is 26.7. The molecule has 1 aromatic heterocycles. The number of rotatable bonds is 3. The number of anilines is 5. The second-order valence-corrected chi connectivity index (χ2v) is 24.2. The summed E-state index contributed by atoms with van der Waals surface area (Å²) in [5.74, 6) is 0. The van der Waals surface area contributed by atoms with Crippen LogP contribution in [0.4, 0.5) is 28.4 Å². The molecule has 0 amide bonds. The van der Waals surface area contributed by atoms with E-state index < -0.39 is 0 Å². The Morgan fingerprint density at radius 2 is 1.24 bits per heavy atom. The van der Waals surface area contributed by atoms with E-state index >= 15 is 0 Å². The number of aromatic nitrogens is 1. The molecule has 68 heavy (non-hydrogen) atoms. The second-order valence-electron chi connectivity index (χ2n) is 24.2. The summed E-state index contributed by atoms with van der Waals surface area (Å²) in [4.78, 5) is 5.48. The minimum Gasteiger partial charge on any atom is -0.334 e. The van der Waals surface area contributed by atoms with Gasteiger partial charge in [-0.1, -0.05) is 172 Å². The van der Waals surface area contributed by atoms with Gasteiger partial charge >= 0.3 is 0 Å². The maximum absolute atomic E-state index is 2.79. The van der Waals surface area contributed by atoms with E-state index in [2.05, 4.69) is 230 Å². The Kier molecular flexibility index (Phi) is 8.45. The molecule has 13 rings (SSSR count). The van der Waals surface area contributed by atoms with Crippen molar-refractivity contribution in [3.05, 3.63) is 173 Å². The summed E-state index contributed by atoms with van der Waals surface area (Å²) in [6, 6.07) is 54.9. The SMILES string of the molecule is Cc1cc2c3c(c1)-n1c4c(c5cccc(c51)B3c1ccc(N3c5ccc(C(C)(C)C)cc5C5(C)CCCCC35C)cc1N2c1ccc(C(C)(C)C)cc1-c1ccccc1)C(C)(C)c1ccccc1-4. The summed E-state index contributed by atoms with van der Waals surface area (Å²) in [5, 5.41) is 1.38. The van der Waals surface area contributed by atoms with Gasteiger partial charge in [-0.2, -0.15) is 0 Å². The minimum absolute atomic E-state index is 0.0192. The lowest BCUT2D eigenvalue weighted by Crippen LogP contribution is -2.60. The predicted molar refractivity (Wildman–Crippen MR) is 291 cm³/mol. The fraction of sp³-hybridized carbons (Fsp3) is 0.312. The lowest BCUT2D eigenvalue weighted by Gasteiger charge is -2.50. The van der Waals surface area contributed by atoms with E-state index in [1.54, 1.807) is 0 Å². The van der Waals surface area contributed by atoms with Crippen molar-refractivity contribution < 1.29 is 0 Å². The van der Waals surface area contributed by atoms with E-state index in [1.807, 2.05) is 0 Å². The fourth-order valence-corrected chi connectivity index (χ4v) is 14.1. The van der Waals surface area contributed by atoms with Crippen LogP contribution < -0.4 is 26.2 Å². The van der Waals surface area contributed by atoms with Crippen molar-refractivity contribution in [1.29, 1.82) is 0 Å². The minimum atomic E-state index is -0.136. The third-order valence-corrected chi connectivity index (χ3v) is 17.8. The van der Waals surface area contributed by atoms with Crippen LogP contribution in [0.1, 0.15) is 128 Å². The highest BCUT2D eigenvalue weighted by molar-refractivity contribution is 7.00. The van der Waals surface area contributed by atoms with Gasteiger partial charge in [0.1, 0.15) is 0 Å². The standard InChI is InChI=1S/C64H64BN3/c1-39-34-54-57-55(35-39)67-58-45(56-59(67)44-22-15-16-24-47(44)62(56,8)9)23-19-25-50(58)65(57)49-29-28-43(68-52-31-27-42(61(5,6)7)37-48(52)63(10)32-17-18-33-64(63,68)11)38-53(49)66(54)51-30-26-41(60(2,3)4)36-46(51)40-20-13-12-14-21-40/h12-16,19-31,34-38H,17-18,32-33H2,1-11H3. The van der Waals surface area contributed by atoms with Crippen molar-refractivity contribution in [3.8, 4) is 28.1 Å². The number of fused-ring (bicyclic) bond motifs is 12. The summed E-state index contributed by atoms with van der Waals surface area (Å²) >= 11 is 0. The van der Waals surface area contributed by atoms with Gasteiger partial charge in [0.15, 0.2) is 0 Å². The normalized spacial score (nSPS) is 20.5. The smallest absolute Gasteiger partial charge is 0.252 e. The molecule has 2 aliphatic carbocycles. The predicted octanol–water partition coefficient (Wildman–Crippen LogP) is 14.9. The monoisotopic (exact) mass is 886 g/mol. The van der Waals surface area contributed by atoms with Crippen molar-refractivity contribution in [1.82, 2.24) is 4.57 Å². The van der Waals surface area contributed by atoms with Gasteiger partial charge in [0.05, 0.1) is 16.9 Å². The molecule has 0 saturated heterocycles. The van der Waals surface area contributed by atoms with Gasteiger partial charge in [-0.3, -0.25) is 0 Å². The number of hydrogen-bond acceptors (Lipinski definition) is 2. The van der Waals surface area contributed by atoms with Crippen LogP contribution in [0.3, 0.4) is 0 Å². The van der Waals surface area contributed by atoms with Crippen LogP contribution in [0, 0.1) is 6.92 Å². The van der Waals surface area contributed by atoms with Crippen LogP contribution in [-0.4, -0.2) is 16.8 Å². The highest BCUT2D eigenvalue weighted by atomic mass is 15.3. The van der Waals surface area contributed by atoms with Crippen LogP contribution in [0.25, 0.3) is 39.0 Å². The molecule has 0 bridgehead atoms. The lowest BCUT2D eigenvalue weighted by atomic mass is 9.33. The topological polar surface area (TPSA) is 11.4 Å². The van der Waals surface area contributed by atoms with Crippen LogP contribution >= 0.6 is 0 Å².